The highest BCUT2D eigenvalue weighted by molar-refractivity contribution is 6.01. The molecule has 4 aliphatic carbocycles. The lowest BCUT2D eigenvalue weighted by molar-refractivity contribution is -0.164. The van der Waals surface area contributed by atoms with E-state index in [9.17, 15) is 24.6 Å². The third-order valence-corrected chi connectivity index (χ3v) is 8.29. The third-order valence-electron chi connectivity index (χ3n) is 8.29. The van der Waals surface area contributed by atoms with Gasteiger partial charge in [0.1, 0.15) is 5.60 Å². The van der Waals surface area contributed by atoms with E-state index in [1.807, 2.05) is 26.8 Å². The van der Waals surface area contributed by atoms with Crippen molar-refractivity contribution in [2.45, 2.75) is 77.4 Å². The first-order chi connectivity index (χ1) is 14.6. The SMILES string of the molecule is CCCC(=O)OCC(=O)[C@@]1(O)CC[C@H]2C3=C([C@@H](O)C[C@@]21C)[C@@]1(C)C=CC(=O)C=C1CC3. The molecule has 0 saturated heterocycles. The summed E-state index contributed by atoms with van der Waals surface area (Å²) in [7, 11) is 0. The second kappa shape index (κ2) is 7.52. The lowest BCUT2D eigenvalue weighted by Gasteiger charge is -2.53. The topological polar surface area (TPSA) is 101 Å². The molecule has 5 atom stereocenters. The van der Waals surface area contributed by atoms with Crippen LogP contribution in [0.15, 0.2) is 34.9 Å². The normalized spacial score (nSPS) is 38.9. The molecule has 0 spiro atoms. The fraction of sp³-hybridized carbons (Fsp3) is 0.640. The predicted molar refractivity (Wildman–Crippen MR) is 114 cm³/mol. The Bertz CT molecular complexity index is 926. The fourth-order valence-corrected chi connectivity index (χ4v) is 6.60. The number of carbonyl (C=O) groups is 3. The summed E-state index contributed by atoms with van der Waals surface area (Å²) in [6.45, 7) is 5.35. The van der Waals surface area contributed by atoms with Gasteiger partial charge in [0.15, 0.2) is 12.4 Å². The van der Waals surface area contributed by atoms with Crippen molar-refractivity contribution < 1.29 is 29.3 Å². The number of aliphatic hydroxyl groups excluding tert-OH is 1. The van der Waals surface area contributed by atoms with E-state index in [1.54, 1.807) is 12.2 Å². The number of ether oxygens (including phenoxy) is 1. The number of Topliss-reactive ketones (excluding diaryl/α,β-unsaturated/α-hetero) is 1. The van der Waals surface area contributed by atoms with E-state index in [0.29, 0.717) is 19.3 Å². The van der Waals surface area contributed by atoms with Crippen LogP contribution in [0, 0.1) is 16.7 Å². The molecule has 31 heavy (non-hydrogen) atoms. The molecule has 0 aliphatic heterocycles. The van der Waals surface area contributed by atoms with Gasteiger partial charge in [-0.1, -0.05) is 31.1 Å². The van der Waals surface area contributed by atoms with Crippen molar-refractivity contribution in [2.75, 3.05) is 6.61 Å². The molecule has 6 nitrogen and oxygen atoms in total. The van der Waals surface area contributed by atoms with Crippen LogP contribution in [0.25, 0.3) is 0 Å². The van der Waals surface area contributed by atoms with Crippen LogP contribution in [0.1, 0.15) is 65.7 Å². The van der Waals surface area contributed by atoms with Crippen molar-refractivity contribution in [3.8, 4) is 0 Å². The molecular formula is C25H32O6. The highest BCUT2D eigenvalue weighted by Gasteiger charge is 2.65. The minimum Gasteiger partial charge on any atom is -0.458 e. The smallest absolute Gasteiger partial charge is 0.306 e. The van der Waals surface area contributed by atoms with Crippen molar-refractivity contribution in [3.05, 3.63) is 34.9 Å². The van der Waals surface area contributed by atoms with Gasteiger partial charge < -0.3 is 14.9 Å². The van der Waals surface area contributed by atoms with E-state index in [4.69, 9.17) is 4.74 Å². The Hall–Kier alpha value is -2.05. The maximum Gasteiger partial charge on any atom is 0.306 e. The van der Waals surface area contributed by atoms with Crippen LogP contribution < -0.4 is 0 Å². The minimum atomic E-state index is -1.64. The maximum absolute atomic E-state index is 13.0. The number of aliphatic hydroxyl groups is 2. The zero-order valence-electron chi connectivity index (χ0n) is 18.6. The number of esters is 1. The Kier molecular flexibility index (Phi) is 5.38. The Labute approximate surface area is 183 Å². The van der Waals surface area contributed by atoms with E-state index < -0.39 is 40.9 Å². The van der Waals surface area contributed by atoms with Gasteiger partial charge in [0.2, 0.25) is 5.78 Å². The number of carbonyl (C=O) groups excluding carboxylic acids is 3. The highest BCUT2D eigenvalue weighted by atomic mass is 16.5. The number of fused-ring (bicyclic) bond motifs is 4. The number of ketones is 2. The molecule has 4 rings (SSSR count). The summed E-state index contributed by atoms with van der Waals surface area (Å²) in [4.78, 5) is 36.7. The number of allylic oxidation sites excluding steroid dienone is 5. The zero-order valence-corrected chi connectivity index (χ0v) is 18.6. The molecule has 168 valence electrons. The molecule has 1 fully saturated rings. The average Bonchev–Trinajstić information content (AvgIpc) is 2.98. The summed E-state index contributed by atoms with van der Waals surface area (Å²) in [6.07, 6.45) is 7.83. The van der Waals surface area contributed by atoms with Gasteiger partial charge in [-0.25, -0.2) is 0 Å². The summed E-state index contributed by atoms with van der Waals surface area (Å²) in [5, 5.41) is 22.8. The lowest BCUT2D eigenvalue weighted by atomic mass is 9.53. The van der Waals surface area contributed by atoms with Crippen LogP contribution >= 0.6 is 0 Å². The van der Waals surface area contributed by atoms with Gasteiger partial charge in [-0.3, -0.25) is 14.4 Å². The minimum absolute atomic E-state index is 0.0230. The number of hydrogen-bond acceptors (Lipinski definition) is 6. The quantitative estimate of drug-likeness (QED) is 0.516. The van der Waals surface area contributed by atoms with E-state index >= 15 is 0 Å². The molecule has 6 heteroatoms. The van der Waals surface area contributed by atoms with E-state index in [0.717, 1.165) is 23.1 Å². The van der Waals surface area contributed by atoms with Gasteiger partial charge in [-0.05, 0) is 69.1 Å². The van der Waals surface area contributed by atoms with E-state index in [-0.39, 0.29) is 31.0 Å². The maximum atomic E-state index is 13.0. The predicted octanol–water partition coefficient (Wildman–Crippen LogP) is 2.97. The zero-order chi connectivity index (χ0) is 22.6. The molecule has 0 radical (unpaired) electrons. The molecular weight excluding hydrogens is 396 g/mol. The summed E-state index contributed by atoms with van der Waals surface area (Å²) in [5.41, 5.74) is 0.106. The van der Waals surface area contributed by atoms with Crippen LogP contribution in [0.5, 0.6) is 0 Å². The molecule has 0 aromatic carbocycles. The Morgan fingerprint density at radius 2 is 2.00 bits per heavy atom. The standard InChI is InChI=1S/C25H32O6/c1-4-5-21(29)31-14-20(28)25(30)11-9-18-17-7-6-15-12-16(26)8-10-23(15,2)22(17)19(27)13-24(18,25)3/h8,10,12,18-19,27,30H,4-7,9,11,13-14H2,1-3H3/t18-,19-,23-,24-,25-/m0/s1. The number of hydrogen-bond donors (Lipinski definition) is 2. The van der Waals surface area contributed by atoms with Gasteiger partial charge in [0, 0.05) is 17.3 Å². The lowest BCUT2D eigenvalue weighted by Crippen LogP contribution is -2.57. The van der Waals surface area contributed by atoms with Crippen LogP contribution in [0.4, 0.5) is 0 Å². The van der Waals surface area contributed by atoms with E-state index in [1.165, 1.54) is 0 Å². The summed E-state index contributed by atoms with van der Waals surface area (Å²) >= 11 is 0. The molecule has 0 heterocycles. The van der Waals surface area contributed by atoms with Crippen molar-refractivity contribution in [3.63, 3.8) is 0 Å². The monoisotopic (exact) mass is 428 g/mol. The van der Waals surface area contributed by atoms with Crippen LogP contribution in [0.2, 0.25) is 0 Å². The van der Waals surface area contributed by atoms with Crippen molar-refractivity contribution >= 4 is 17.5 Å². The van der Waals surface area contributed by atoms with Crippen LogP contribution in [-0.2, 0) is 19.1 Å². The van der Waals surface area contributed by atoms with Gasteiger partial charge in [0.25, 0.3) is 0 Å². The van der Waals surface area contributed by atoms with Crippen molar-refractivity contribution in [2.24, 2.45) is 16.7 Å². The molecule has 0 aromatic rings. The molecule has 1 saturated carbocycles. The molecule has 0 bridgehead atoms. The van der Waals surface area contributed by atoms with Crippen LogP contribution in [0.3, 0.4) is 0 Å². The van der Waals surface area contributed by atoms with Crippen LogP contribution in [-0.4, -0.2) is 46.1 Å². The van der Waals surface area contributed by atoms with Gasteiger partial charge in [-0.15, -0.1) is 0 Å². The average molecular weight is 429 g/mol. The highest BCUT2D eigenvalue weighted by Crippen LogP contribution is 2.64. The molecule has 0 aromatic heterocycles. The van der Waals surface area contributed by atoms with Gasteiger partial charge in [-0.2, -0.15) is 0 Å². The largest absolute Gasteiger partial charge is 0.458 e. The molecule has 4 aliphatic rings. The summed E-state index contributed by atoms with van der Waals surface area (Å²) < 4.78 is 5.11. The Balaban J connectivity index is 1.66. The first-order valence-electron chi connectivity index (χ1n) is 11.3. The van der Waals surface area contributed by atoms with Gasteiger partial charge >= 0.3 is 5.97 Å². The van der Waals surface area contributed by atoms with Crippen molar-refractivity contribution in [1.29, 1.82) is 0 Å². The number of rotatable bonds is 5. The Morgan fingerprint density at radius 1 is 1.26 bits per heavy atom. The second-order valence-electron chi connectivity index (χ2n) is 9.97. The van der Waals surface area contributed by atoms with Crippen molar-refractivity contribution in [1.82, 2.24) is 0 Å². The second-order valence-corrected chi connectivity index (χ2v) is 9.97. The molecule has 0 amide bonds. The summed E-state index contributed by atoms with van der Waals surface area (Å²) in [6, 6.07) is 0. The first-order valence-corrected chi connectivity index (χ1v) is 11.3. The fourth-order valence-electron chi connectivity index (χ4n) is 6.60. The van der Waals surface area contributed by atoms with Gasteiger partial charge in [0.05, 0.1) is 6.10 Å². The third kappa shape index (κ3) is 3.18. The Morgan fingerprint density at radius 3 is 2.71 bits per heavy atom. The molecule has 2 N–H and O–H groups in total. The molecule has 0 unspecified atom stereocenters. The first kappa shape index (κ1) is 22.2. The summed E-state index contributed by atoms with van der Waals surface area (Å²) in [5.74, 6) is -0.976. The van der Waals surface area contributed by atoms with E-state index in [2.05, 4.69) is 0 Å².